The van der Waals surface area contributed by atoms with Crippen LogP contribution in [0.25, 0.3) is 10.6 Å². The van der Waals surface area contributed by atoms with Crippen LogP contribution >= 0.6 is 34.5 Å². The van der Waals surface area contributed by atoms with Crippen molar-refractivity contribution in [3.63, 3.8) is 0 Å². The number of benzene rings is 2. The average molecular weight is 791 g/mol. The summed E-state index contributed by atoms with van der Waals surface area (Å²) in [6.07, 6.45) is 4.09. The van der Waals surface area contributed by atoms with E-state index in [0.717, 1.165) is 16.1 Å². The first-order valence-corrected chi connectivity index (χ1v) is 18.5. The minimum absolute atomic E-state index is 0.0888. The third kappa shape index (κ3) is 14.5. The second-order valence-corrected chi connectivity index (χ2v) is 15.1. The molecule has 4 rings (SSSR count). The highest BCUT2D eigenvalue weighted by atomic mass is 35.5. The van der Waals surface area contributed by atoms with Crippen LogP contribution in [0.1, 0.15) is 57.5 Å². The number of aliphatic carboxylic acids is 4. The minimum atomic E-state index is -1.12. The van der Waals surface area contributed by atoms with E-state index >= 15 is 0 Å². The van der Waals surface area contributed by atoms with Crippen LogP contribution in [-0.4, -0.2) is 83.0 Å². The standard InChI is InChI=1S/C19H23Cl2N3O4.C18H22N2O4S/c1-11(2)3-16(18(25)26)23-17(19(27)28)7-15-8-22-10-24(15)9-12-4-13(20)6-14(21)5-12;1-11(2)8-14(17(21)22)20-15(18(23)24)9-13-10-25-16(19-13)12-6-4-3-5-7-12/h4-6,8,10-11,16-17,23H,3,7,9H2,1-2H3,(H,25,26)(H,27,28);3-7,10-11,14-15,20H,8-9H2,1-2H3,(H,21,22)(H,23,24)/t16?,17-;14?,15-/m00/s1. The van der Waals surface area contributed by atoms with Gasteiger partial charge in [0.2, 0.25) is 0 Å². The van der Waals surface area contributed by atoms with E-state index in [4.69, 9.17) is 23.2 Å². The maximum Gasteiger partial charge on any atom is 0.321 e. The van der Waals surface area contributed by atoms with E-state index < -0.39 is 48.0 Å². The number of imidazole rings is 1. The zero-order valence-electron chi connectivity index (χ0n) is 29.8. The van der Waals surface area contributed by atoms with Crippen LogP contribution in [0.3, 0.4) is 0 Å². The Morgan fingerprint density at radius 2 is 1.26 bits per heavy atom. The van der Waals surface area contributed by atoms with Gasteiger partial charge < -0.3 is 25.0 Å². The molecule has 4 atom stereocenters. The fraction of sp³-hybridized carbons (Fsp3) is 0.405. The molecule has 13 nitrogen and oxygen atoms in total. The van der Waals surface area contributed by atoms with E-state index in [-0.39, 0.29) is 24.7 Å². The Kier molecular flexibility index (Phi) is 16.9. The van der Waals surface area contributed by atoms with Crippen molar-refractivity contribution in [2.24, 2.45) is 11.8 Å². The van der Waals surface area contributed by atoms with Crippen molar-refractivity contribution in [2.45, 2.75) is 84.1 Å². The fourth-order valence-corrected chi connectivity index (χ4v) is 6.85. The molecule has 0 fully saturated rings. The van der Waals surface area contributed by atoms with E-state index in [1.165, 1.54) is 11.3 Å². The first-order valence-electron chi connectivity index (χ1n) is 16.9. The second kappa shape index (κ2) is 20.8. The quantitative estimate of drug-likeness (QED) is 0.0627. The number of thiazole rings is 1. The zero-order valence-corrected chi connectivity index (χ0v) is 32.1. The summed E-state index contributed by atoms with van der Waals surface area (Å²) in [6.45, 7) is 7.99. The van der Waals surface area contributed by atoms with Gasteiger partial charge in [0.25, 0.3) is 0 Å². The highest BCUT2D eigenvalue weighted by Gasteiger charge is 2.29. The molecule has 0 aliphatic rings. The Morgan fingerprint density at radius 3 is 1.75 bits per heavy atom. The maximum absolute atomic E-state index is 11.7. The van der Waals surface area contributed by atoms with Crippen molar-refractivity contribution in [1.82, 2.24) is 25.2 Å². The van der Waals surface area contributed by atoms with Crippen LogP contribution in [-0.2, 0) is 38.6 Å². The number of halogens is 2. The van der Waals surface area contributed by atoms with Gasteiger partial charge in [0.1, 0.15) is 29.2 Å². The molecule has 0 aliphatic carbocycles. The minimum Gasteiger partial charge on any atom is -0.480 e. The summed E-state index contributed by atoms with van der Waals surface area (Å²) in [6, 6.07) is 10.9. The molecular formula is C37H45Cl2N5O8S. The highest BCUT2D eigenvalue weighted by molar-refractivity contribution is 7.13. The molecular weight excluding hydrogens is 745 g/mol. The van der Waals surface area contributed by atoms with Crippen molar-refractivity contribution >= 4 is 58.4 Å². The SMILES string of the molecule is CC(C)CC(N[C@@H](Cc1cncn1Cc1cc(Cl)cc(Cl)c1)C(=O)O)C(=O)O.CC(C)CC(N[C@@H](Cc1csc(-c2ccccc2)n1)C(=O)O)C(=O)O. The van der Waals surface area contributed by atoms with Gasteiger partial charge in [-0.1, -0.05) is 81.2 Å². The number of nitrogens with one attached hydrogen (secondary N) is 2. The van der Waals surface area contributed by atoms with E-state index in [9.17, 15) is 39.6 Å². The third-order valence-corrected chi connectivity index (χ3v) is 9.26. The van der Waals surface area contributed by atoms with Gasteiger partial charge in [0, 0.05) is 52.3 Å². The molecule has 286 valence electrons. The van der Waals surface area contributed by atoms with Crippen LogP contribution in [0.5, 0.6) is 0 Å². The number of aromatic nitrogens is 3. The highest BCUT2D eigenvalue weighted by Crippen LogP contribution is 2.24. The maximum atomic E-state index is 11.7. The van der Waals surface area contributed by atoms with Gasteiger partial charge in [-0.3, -0.25) is 29.8 Å². The van der Waals surface area contributed by atoms with Crippen molar-refractivity contribution in [3.8, 4) is 10.6 Å². The number of nitrogens with zero attached hydrogens (tertiary/aromatic N) is 3. The number of carboxylic acid groups (broad SMARTS) is 4. The summed E-state index contributed by atoms with van der Waals surface area (Å²) in [4.78, 5) is 54.7. The Balaban J connectivity index is 0.000000287. The monoisotopic (exact) mass is 789 g/mol. The first-order chi connectivity index (χ1) is 25.0. The van der Waals surface area contributed by atoms with E-state index in [2.05, 4.69) is 20.6 Å². The first kappa shape index (κ1) is 43.1. The summed E-state index contributed by atoms with van der Waals surface area (Å²) in [5, 5.41) is 46.8. The van der Waals surface area contributed by atoms with Crippen LogP contribution in [0, 0.1) is 11.8 Å². The molecule has 2 aromatic carbocycles. The van der Waals surface area contributed by atoms with Gasteiger partial charge in [-0.25, -0.2) is 9.97 Å². The predicted molar refractivity (Wildman–Crippen MR) is 204 cm³/mol. The van der Waals surface area contributed by atoms with Crippen LogP contribution < -0.4 is 10.6 Å². The summed E-state index contributed by atoms with van der Waals surface area (Å²) in [5.74, 6) is -4.05. The van der Waals surface area contributed by atoms with Crippen LogP contribution in [0.2, 0.25) is 10.0 Å². The number of hydrogen-bond donors (Lipinski definition) is 6. The zero-order chi connectivity index (χ0) is 39.2. The van der Waals surface area contributed by atoms with Crippen molar-refractivity contribution in [3.05, 3.63) is 93.4 Å². The van der Waals surface area contributed by atoms with Crippen molar-refractivity contribution in [1.29, 1.82) is 0 Å². The molecule has 0 aliphatic heterocycles. The molecule has 53 heavy (non-hydrogen) atoms. The van der Waals surface area contributed by atoms with Gasteiger partial charge in [-0.2, -0.15) is 0 Å². The Labute approximate surface area is 322 Å². The summed E-state index contributed by atoms with van der Waals surface area (Å²) >= 11 is 13.5. The summed E-state index contributed by atoms with van der Waals surface area (Å²) < 4.78 is 1.79. The molecule has 2 heterocycles. The van der Waals surface area contributed by atoms with Crippen LogP contribution in [0.15, 0.2) is 66.4 Å². The molecule has 0 amide bonds. The molecule has 0 saturated carbocycles. The lowest BCUT2D eigenvalue weighted by molar-refractivity contribution is -0.144. The molecule has 0 saturated heterocycles. The molecule has 0 bridgehead atoms. The van der Waals surface area contributed by atoms with E-state index in [0.29, 0.717) is 40.8 Å². The van der Waals surface area contributed by atoms with Gasteiger partial charge in [-0.05, 0) is 48.4 Å². The van der Waals surface area contributed by atoms with Gasteiger partial charge in [-0.15, -0.1) is 11.3 Å². The third-order valence-electron chi connectivity index (χ3n) is 7.88. The molecule has 4 aromatic rings. The Morgan fingerprint density at radius 1 is 0.755 bits per heavy atom. The van der Waals surface area contributed by atoms with E-state index in [1.807, 2.05) is 63.4 Å². The van der Waals surface area contributed by atoms with Crippen molar-refractivity contribution < 1.29 is 39.6 Å². The van der Waals surface area contributed by atoms with Crippen molar-refractivity contribution in [2.75, 3.05) is 0 Å². The van der Waals surface area contributed by atoms with Crippen LogP contribution in [0.4, 0.5) is 0 Å². The largest absolute Gasteiger partial charge is 0.480 e. The number of rotatable bonds is 19. The molecule has 0 spiro atoms. The average Bonchev–Trinajstić information content (AvgIpc) is 3.72. The van der Waals surface area contributed by atoms with Gasteiger partial charge >= 0.3 is 23.9 Å². The number of hydrogen-bond acceptors (Lipinski definition) is 9. The molecule has 2 aromatic heterocycles. The molecule has 2 unspecified atom stereocenters. The number of carbonyl (C=O) groups is 4. The smallest absolute Gasteiger partial charge is 0.321 e. The lowest BCUT2D eigenvalue weighted by Gasteiger charge is -2.22. The molecule has 16 heteroatoms. The lowest BCUT2D eigenvalue weighted by Crippen LogP contribution is -2.49. The summed E-state index contributed by atoms with van der Waals surface area (Å²) in [7, 11) is 0. The summed E-state index contributed by atoms with van der Waals surface area (Å²) in [5.41, 5.74) is 3.11. The fourth-order valence-electron chi connectivity index (χ4n) is 5.44. The van der Waals surface area contributed by atoms with Gasteiger partial charge in [0.05, 0.1) is 12.0 Å². The number of carboxylic acids is 4. The lowest BCUT2D eigenvalue weighted by atomic mass is 10.0. The second-order valence-electron chi connectivity index (χ2n) is 13.4. The molecule has 6 N–H and O–H groups in total. The Hall–Kier alpha value is -4.34. The Bertz CT molecular complexity index is 1800. The molecule has 0 radical (unpaired) electrons. The predicted octanol–water partition coefficient (Wildman–Crippen LogP) is 6.22. The van der Waals surface area contributed by atoms with E-state index in [1.54, 1.807) is 35.3 Å². The van der Waals surface area contributed by atoms with Gasteiger partial charge in [0.15, 0.2) is 0 Å². The topological polar surface area (TPSA) is 204 Å². The normalized spacial score (nSPS) is 13.5.